The van der Waals surface area contributed by atoms with E-state index in [0.717, 1.165) is 11.3 Å². The predicted molar refractivity (Wildman–Crippen MR) is 44.6 cm³/mol. The molecular formula is C8H9N3O. The molecule has 2 rings (SSSR count). The minimum Gasteiger partial charge on any atom is -0.368 e. The molecule has 0 aromatic rings. The van der Waals surface area contributed by atoms with Crippen LogP contribution in [0.5, 0.6) is 0 Å². The summed E-state index contributed by atoms with van der Waals surface area (Å²) in [5.74, 6) is -0.343. The number of nitrogens with zero attached hydrogens (tertiary/aromatic N) is 1. The van der Waals surface area contributed by atoms with Gasteiger partial charge in [-0.25, -0.2) is 0 Å². The van der Waals surface area contributed by atoms with E-state index < -0.39 is 0 Å². The van der Waals surface area contributed by atoms with Crippen LogP contribution in [0.4, 0.5) is 0 Å². The van der Waals surface area contributed by atoms with Crippen molar-refractivity contribution < 1.29 is 4.79 Å². The van der Waals surface area contributed by atoms with E-state index in [9.17, 15) is 4.79 Å². The molecule has 0 aromatic heterocycles. The Kier molecular flexibility index (Phi) is 1.40. The monoisotopic (exact) mass is 163 g/mol. The largest absolute Gasteiger partial charge is 0.368 e. The van der Waals surface area contributed by atoms with Gasteiger partial charge in [0.15, 0.2) is 0 Å². The molecule has 0 saturated carbocycles. The van der Waals surface area contributed by atoms with Crippen LogP contribution in [-0.4, -0.2) is 15.7 Å². The molecule has 0 fully saturated rings. The van der Waals surface area contributed by atoms with Crippen molar-refractivity contribution in [2.24, 2.45) is 5.73 Å². The van der Waals surface area contributed by atoms with E-state index in [0.29, 0.717) is 0 Å². The maximum absolute atomic E-state index is 10.6. The number of rotatable bonds is 2. The number of amides is 1. The van der Waals surface area contributed by atoms with Crippen molar-refractivity contribution in [3.63, 3.8) is 0 Å². The number of carbonyl (C=O) groups is 1. The highest BCUT2D eigenvalue weighted by Gasteiger charge is 2.08. The van der Waals surface area contributed by atoms with Gasteiger partial charge < -0.3 is 10.8 Å². The molecule has 2 aliphatic rings. The molecule has 0 bridgehead atoms. The van der Waals surface area contributed by atoms with Crippen LogP contribution < -0.4 is 5.73 Å². The van der Waals surface area contributed by atoms with Crippen molar-refractivity contribution in [2.45, 2.75) is 6.54 Å². The SMILES string of the molecule is NC(=O)Cn1[nH]cc2cccc1-2. The molecule has 4 nitrogen and oxygen atoms in total. The Hall–Kier alpha value is -1.71. The highest BCUT2D eigenvalue weighted by Crippen LogP contribution is 2.21. The molecule has 0 saturated heterocycles. The molecule has 0 aromatic carbocycles. The number of nitrogens with two attached hydrogens (primary N) is 1. The van der Waals surface area contributed by atoms with Gasteiger partial charge >= 0.3 is 0 Å². The molecule has 1 heterocycles. The third-order valence-electron chi connectivity index (χ3n) is 1.81. The number of carbonyl (C=O) groups excluding carboxylic acids is 1. The van der Waals surface area contributed by atoms with Crippen LogP contribution in [0.25, 0.3) is 11.3 Å². The number of aromatic amines is 1. The smallest absolute Gasteiger partial charge is 0.239 e. The second-order valence-corrected chi connectivity index (χ2v) is 2.69. The molecule has 1 amide bonds. The first kappa shape index (κ1) is 6.97. The lowest BCUT2D eigenvalue weighted by molar-refractivity contribution is -0.118. The van der Waals surface area contributed by atoms with Crippen molar-refractivity contribution in [2.75, 3.05) is 0 Å². The molecule has 62 valence electrons. The first-order valence-corrected chi connectivity index (χ1v) is 3.68. The Morgan fingerprint density at radius 1 is 1.58 bits per heavy atom. The summed E-state index contributed by atoms with van der Waals surface area (Å²) in [5.41, 5.74) is 7.17. The van der Waals surface area contributed by atoms with Crippen molar-refractivity contribution in [3.05, 3.63) is 24.4 Å². The molecule has 0 spiro atoms. The summed E-state index contributed by atoms with van der Waals surface area (Å²) in [6.07, 6.45) is 1.85. The third kappa shape index (κ3) is 0.972. The van der Waals surface area contributed by atoms with Crippen LogP contribution in [0.1, 0.15) is 0 Å². The van der Waals surface area contributed by atoms with Crippen molar-refractivity contribution in [1.29, 1.82) is 0 Å². The number of hydrogen-bond acceptors (Lipinski definition) is 1. The lowest BCUT2D eigenvalue weighted by Crippen LogP contribution is -2.19. The van der Waals surface area contributed by atoms with E-state index in [1.807, 2.05) is 24.4 Å². The molecule has 12 heavy (non-hydrogen) atoms. The summed E-state index contributed by atoms with van der Waals surface area (Å²) >= 11 is 0. The zero-order chi connectivity index (χ0) is 8.55. The van der Waals surface area contributed by atoms with Gasteiger partial charge in [-0.05, 0) is 6.07 Å². The van der Waals surface area contributed by atoms with Gasteiger partial charge in [0.05, 0.1) is 5.69 Å². The number of nitrogens with one attached hydrogen (secondary N) is 1. The topological polar surface area (TPSA) is 63.8 Å². The van der Waals surface area contributed by atoms with Crippen molar-refractivity contribution >= 4 is 5.91 Å². The average molecular weight is 163 g/mol. The normalized spacial score (nSPS) is 10.7. The number of hydrogen-bond donors (Lipinski definition) is 2. The summed E-state index contributed by atoms with van der Waals surface area (Å²) in [7, 11) is 0. The predicted octanol–water partition coefficient (Wildman–Crippen LogP) is 0.406. The molecular weight excluding hydrogens is 154 g/mol. The third-order valence-corrected chi connectivity index (χ3v) is 1.81. The van der Waals surface area contributed by atoms with Gasteiger partial charge in [-0.1, -0.05) is 12.1 Å². The number of primary amides is 1. The van der Waals surface area contributed by atoms with Gasteiger partial charge in [-0.15, -0.1) is 0 Å². The molecule has 0 radical (unpaired) electrons. The zero-order valence-corrected chi connectivity index (χ0v) is 6.45. The van der Waals surface area contributed by atoms with E-state index in [4.69, 9.17) is 5.73 Å². The van der Waals surface area contributed by atoms with Crippen LogP contribution in [0, 0.1) is 0 Å². The Bertz CT molecular complexity index is 374. The first-order chi connectivity index (χ1) is 5.77. The average Bonchev–Trinajstić information content (AvgIpc) is 2.52. The standard InChI is InChI=1S/C8H9N3O/c9-8(12)5-11-7-3-1-2-6(7)4-10-11/h1-4,10H,5H2,(H2,9,12). The summed E-state index contributed by atoms with van der Waals surface area (Å²) in [6, 6.07) is 5.86. The second-order valence-electron chi connectivity index (χ2n) is 2.69. The lowest BCUT2D eigenvalue weighted by Gasteiger charge is -2.00. The van der Waals surface area contributed by atoms with E-state index in [-0.39, 0.29) is 12.5 Å². The second kappa shape index (κ2) is 2.41. The zero-order valence-electron chi connectivity index (χ0n) is 6.45. The minimum absolute atomic E-state index is 0.202. The molecule has 0 atom stereocenters. The van der Waals surface area contributed by atoms with Crippen LogP contribution in [0.3, 0.4) is 0 Å². The fourth-order valence-electron chi connectivity index (χ4n) is 1.30. The van der Waals surface area contributed by atoms with Gasteiger partial charge in [0, 0.05) is 11.8 Å². The maximum Gasteiger partial charge on any atom is 0.239 e. The molecule has 0 unspecified atom stereocenters. The lowest BCUT2D eigenvalue weighted by atomic mass is 10.3. The number of aromatic nitrogens is 2. The summed E-state index contributed by atoms with van der Waals surface area (Å²) < 4.78 is 1.72. The molecule has 1 aliphatic heterocycles. The van der Waals surface area contributed by atoms with Crippen LogP contribution in [0.15, 0.2) is 24.4 Å². The summed E-state index contributed by atoms with van der Waals surface area (Å²) in [5, 5.41) is 2.94. The van der Waals surface area contributed by atoms with Crippen molar-refractivity contribution in [1.82, 2.24) is 9.78 Å². The Morgan fingerprint density at radius 3 is 3.17 bits per heavy atom. The molecule has 4 heteroatoms. The van der Waals surface area contributed by atoms with Gasteiger partial charge in [-0.2, -0.15) is 0 Å². The van der Waals surface area contributed by atoms with Gasteiger partial charge in [0.2, 0.25) is 5.91 Å². The Labute approximate surface area is 69.3 Å². The summed E-state index contributed by atoms with van der Waals surface area (Å²) in [6.45, 7) is 0.202. The van der Waals surface area contributed by atoms with Crippen molar-refractivity contribution in [3.8, 4) is 11.3 Å². The van der Waals surface area contributed by atoms with Gasteiger partial charge in [0.1, 0.15) is 6.54 Å². The van der Waals surface area contributed by atoms with E-state index >= 15 is 0 Å². The number of H-pyrrole nitrogens is 1. The fraction of sp³-hybridized carbons (Fsp3) is 0.125. The molecule has 1 aliphatic carbocycles. The highest BCUT2D eigenvalue weighted by molar-refractivity contribution is 5.75. The highest BCUT2D eigenvalue weighted by atomic mass is 16.1. The fourth-order valence-corrected chi connectivity index (χ4v) is 1.30. The van der Waals surface area contributed by atoms with Gasteiger partial charge in [-0.3, -0.25) is 9.48 Å². The van der Waals surface area contributed by atoms with E-state index in [1.165, 1.54) is 0 Å². The first-order valence-electron chi connectivity index (χ1n) is 3.68. The van der Waals surface area contributed by atoms with Gasteiger partial charge in [0.25, 0.3) is 0 Å². The molecule has 3 N–H and O–H groups in total. The summed E-state index contributed by atoms with van der Waals surface area (Å²) in [4.78, 5) is 10.6. The number of fused-ring (bicyclic) bond motifs is 1. The van der Waals surface area contributed by atoms with Crippen LogP contribution >= 0.6 is 0 Å². The minimum atomic E-state index is -0.343. The van der Waals surface area contributed by atoms with Crippen LogP contribution in [0.2, 0.25) is 0 Å². The van der Waals surface area contributed by atoms with Crippen LogP contribution in [-0.2, 0) is 11.3 Å². The Morgan fingerprint density at radius 2 is 2.42 bits per heavy atom. The van der Waals surface area contributed by atoms with E-state index in [2.05, 4.69) is 5.10 Å². The quantitative estimate of drug-likeness (QED) is 0.661. The Balaban J connectivity index is 2.37. The maximum atomic E-state index is 10.6. The van der Waals surface area contributed by atoms with E-state index in [1.54, 1.807) is 4.68 Å².